The molecule has 21 heavy (non-hydrogen) atoms. The van der Waals surface area contributed by atoms with Crippen LogP contribution < -0.4 is 5.32 Å². The third-order valence-electron chi connectivity index (χ3n) is 2.87. The Hall–Kier alpha value is -0.700. The highest BCUT2D eigenvalue weighted by atomic mass is 79.9. The van der Waals surface area contributed by atoms with E-state index in [0.29, 0.717) is 36.4 Å². The van der Waals surface area contributed by atoms with Gasteiger partial charge in [-0.2, -0.15) is 0 Å². The van der Waals surface area contributed by atoms with Crippen LogP contribution in [0.2, 0.25) is 0 Å². The van der Waals surface area contributed by atoms with Crippen molar-refractivity contribution in [2.75, 3.05) is 39.2 Å². The van der Waals surface area contributed by atoms with E-state index in [1.54, 1.807) is 26.4 Å². The van der Waals surface area contributed by atoms with Gasteiger partial charge in [0.25, 0.3) is 0 Å². The number of hydrogen-bond donors (Lipinski definition) is 1. The lowest BCUT2D eigenvalue weighted by atomic mass is 10.4. The molecule has 0 saturated heterocycles. The topological polar surface area (TPSA) is 71.5 Å². The van der Waals surface area contributed by atoms with Gasteiger partial charge in [-0.15, -0.1) is 0 Å². The number of pyridine rings is 1. The summed E-state index contributed by atoms with van der Waals surface area (Å²) in [7, 11) is -0.419. The van der Waals surface area contributed by atoms with E-state index in [9.17, 15) is 8.42 Å². The van der Waals surface area contributed by atoms with Crippen LogP contribution >= 0.6 is 15.9 Å². The van der Waals surface area contributed by atoms with E-state index in [4.69, 9.17) is 4.74 Å². The first-order chi connectivity index (χ1) is 9.93. The SMILES string of the molecule is CCCNc1ncc(Br)cc1S(=O)(=O)N(C)CCCOC. The van der Waals surface area contributed by atoms with Crippen molar-refractivity contribution in [3.05, 3.63) is 16.7 Å². The standard InChI is InChI=1S/C13H22BrN3O3S/c1-4-6-15-13-12(9-11(14)10-16-13)21(18,19)17(2)7-5-8-20-3/h9-10H,4-8H2,1-3H3,(H,15,16). The minimum Gasteiger partial charge on any atom is -0.385 e. The summed E-state index contributed by atoms with van der Waals surface area (Å²) in [6, 6.07) is 1.58. The molecule has 1 aromatic rings. The van der Waals surface area contributed by atoms with Gasteiger partial charge in [0.15, 0.2) is 0 Å². The van der Waals surface area contributed by atoms with Crippen LogP contribution in [0.5, 0.6) is 0 Å². The molecular weight excluding hydrogens is 358 g/mol. The van der Waals surface area contributed by atoms with Gasteiger partial charge >= 0.3 is 0 Å². The first-order valence-corrected chi connectivity index (χ1v) is 9.01. The van der Waals surface area contributed by atoms with Crippen molar-refractivity contribution < 1.29 is 13.2 Å². The maximum absolute atomic E-state index is 12.6. The van der Waals surface area contributed by atoms with Crippen LogP contribution in [0.1, 0.15) is 19.8 Å². The summed E-state index contributed by atoms with van der Waals surface area (Å²) in [5.41, 5.74) is 0. The molecule has 6 nitrogen and oxygen atoms in total. The van der Waals surface area contributed by atoms with Gasteiger partial charge in [0.05, 0.1) is 0 Å². The van der Waals surface area contributed by atoms with Gasteiger partial charge in [-0.25, -0.2) is 17.7 Å². The Morgan fingerprint density at radius 2 is 2.19 bits per heavy atom. The van der Waals surface area contributed by atoms with Crippen molar-refractivity contribution in [1.29, 1.82) is 0 Å². The molecule has 1 heterocycles. The molecule has 0 aliphatic carbocycles. The fourth-order valence-electron chi connectivity index (χ4n) is 1.71. The highest BCUT2D eigenvalue weighted by Crippen LogP contribution is 2.25. The molecule has 8 heteroatoms. The Labute approximate surface area is 135 Å². The number of nitrogens with zero attached hydrogens (tertiary/aromatic N) is 2. The van der Waals surface area contributed by atoms with E-state index in [0.717, 1.165) is 6.42 Å². The monoisotopic (exact) mass is 379 g/mol. The lowest BCUT2D eigenvalue weighted by Gasteiger charge is -2.19. The van der Waals surface area contributed by atoms with E-state index in [-0.39, 0.29) is 4.90 Å². The first kappa shape index (κ1) is 18.3. The number of hydrogen-bond acceptors (Lipinski definition) is 5. The minimum atomic E-state index is -3.58. The largest absolute Gasteiger partial charge is 0.385 e. The highest BCUT2D eigenvalue weighted by Gasteiger charge is 2.25. The van der Waals surface area contributed by atoms with E-state index in [2.05, 4.69) is 26.2 Å². The third kappa shape index (κ3) is 5.21. The predicted octanol–water partition coefficient (Wildman–Crippen LogP) is 2.32. The quantitative estimate of drug-likeness (QED) is 0.666. The number of ether oxygens (including phenoxy) is 1. The van der Waals surface area contributed by atoms with Gasteiger partial charge in [0.2, 0.25) is 10.0 Å². The number of halogens is 1. The van der Waals surface area contributed by atoms with Crippen LogP contribution in [-0.4, -0.2) is 51.6 Å². The maximum Gasteiger partial charge on any atom is 0.246 e. The lowest BCUT2D eigenvalue weighted by Crippen LogP contribution is -2.29. The fraction of sp³-hybridized carbons (Fsp3) is 0.615. The van der Waals surface area contributed by atoms with Crippen molar-refractivity contribution in [1.82, 2.24) is 9.29 Å². The summed E-state index contributed by atoms with van der Waals surface area (Å²) in [4.78, 5) is 4.36. The summed E-state index contributed by atoms with van der Waals surface area (Å²) in [6.07, 6.45) is 3.12. The van der Waals surface area contributed by atoms with Crippen LogP contribution in [-0.2, 0) is 14.8 Å². The number of nitrogens with one attached hydrogen (secondary N) is 1. The molecule has 1 N–H and O–H groups in total. The number of methoxy groups -OCH3 is 1. The zero-order chi connectivity index (χ0) is 15.9. The smallest absolute Gasteiger partial charge is 0.246 e. The zero-order valence-electron chi connectivity index (χ0n) is 12.6. The molecule has 120 valence electrons. The Morgan fingerprint density at radius 3 is 2.81 bits per heavy atom. The summed E-state index contributed by atoms with van der Waals surface area (Å²) < 4.78 is 32.2. The molecular formula is C13H22BrN3O3S. The van der Waals surface area contributed by atoms with Crippen molar-refractivity contribution in [2.45, 2.75) is 24.7 Å². The van der Waals surface area contributed by atoms with E-state index < -0.39 is 10.0 Å². The summed E-state index contributed by atoms with van der Waals surface area (Å²) >= 11 is 3.28. The van der Waals surface area contributed by atoms with Crippen molar-refractivity contribution in [2.24, 2.45) is 0 Å². The molecule has 1 aromatic heterocycles. The average Bonchev–Trinajstić information content (AvgIpc) is 2.46. The maximum atomic E-state index is 12.6. The molecule has 0 aliphatic rings. The van der Waals surface area contributed by atoms with Crippen molar-refractivity contribution in [3.63, 3.8) is 0 Å². The fourth-order valence-corrected chi connectivity index (χ4v) is 3.55. The van der Waals surface area contributed by atoms with E-state index in [1.165, 1.54) is 4.31 Å². The summed E-state index contributed by atoms with van der Waals surface area (Å²) in [5.74, 6) is 0.388. The van der Waals surface area contributed by atoms with Crippen LogP contribution in [0.3, 0.4) is 0 Å². The zero-order valence-corrected chi connectivity index (χ0v) is 15.0. The van der Waals surface area contributed by atoms with Crippen LogP contribution in [0.25, 0.3) is 0 Å². The minimum absolute atomic E-state index is 0.185. The number of rotatable bonds is 9. The van der Waals surface area contributed by atoms with Gasteiger partial charge in [-0.05, 0) is 34.8 Å². The van der Waals surface area contributed by atoms with E-state index in [1.807, 2.05) is 6.92 Å². The summed E-state index contributed by atoms with van der Waals surface area (Å²) in [6.45, 7) is 3.61. The number of anilines is 1. The van der Waals surface area contributed by atoms with Gasteiger partial charge < -0.3 is 10.1 Å². The normalized spacial score (nSPS) is 11.9. The van der Waals surface area contributed by atoms with Gasteiger partial charge in [0.1, 0.15) is 10.7 Å². The van der Waals surface area contributed by atoms with Crippen molar-refractivity contribution >= 4 is 31.8 Å². The van der Waals surface area contributed by atoms with Gasteiger partial charge in [-0.1, -0.05) is 6.92 Å². The second-order valence-corrected chi connectivity index (χ2v) is 7.53. The summed E-state index contributed by atoms with van der Waals surface area (Å²) in [5, 5.41) is 3.06. The molecule has 0 atom stereocenters. The Morgan fingerprint density at radius 1 is 1.48 bits per heavy atom. The average molecular weight is 380 g/mol. The highest BCUT2D eigenvalue weighted by molar-refractivity contribution is 9.10. The van der Waals surface area contributed by atoms with Crippen LogP contribution in [0.15, 0.2) is 21.6 Å². The second kappa shape index (κ2) is 8.67. The number of aromatic nitrogens is 1. The van der Waals surface area contributed by atoms with Gasteiger partial charge in [0, 0.05) is 44.5 Å². The molecule has 1 rings (SSSR count). The van der Waals surface area contributed by atoms with Crippen LogP contribution in [0.4, 0.5) is 5.82 Å². The Kier molecular flexibility index (Phi) is 7.58. The van der Waals surface area contributed by atoms with Gasteiger partial charge in [-0.3, -0.25) is 0 Å². The number of sulfonamides is 1. The first-order valence-electron chi connectivity index (χ1n) is 6.78. The molecule has 0 fully saturated rings. The van der Waals surface area contributed by atoms with Crippen molar-refractivity contribution in [3.8, 4) is 0 Å². The molecule has 0 spiro atoms. The molecule has 0 saturated carbocycles. The molecule has 0 unspecified atom stereocenters. The van der Waals surface area contributed by atoms with Crippen LogP contribution in [0, 0.1) is 0 Å². The molecule has 0 bridgehead atoms. The molecule has 0 aliphatic heterocycles. The predicted molar refractivity (Wildman–Crippen MR) is 87.0 cm³/mol. The Balaban J connectivity index is 3.02. The third-order valence-corrected chi connectivity index (χ3v) is 5.18. The molecule has 0 aromatic carbocycles. The van der Waals surface area contributed by atoms with E-state index >= 15 is 0 Å². The Bertz CT molecular complexity index is 552. The molecule has 0 amide bonds. The lowest BCUT2D eigenvalue weighted by molar-refractivity contribution is 0.189. The second-order valence-electron chi connectivity index (χ2n) is 4.60. The molecule has 0 radical (unpaired) electrons.